The topological polar surface area (TPSA) is 747 Å². The molecule has 5 heterocycles. The van der Waals surface area contributed by atoms with Gasteiger partial charge in [-0.3, -0.25) is 28.2 Å². The van der Waals surface area contributed by atoms with E-state index in [1.165, 1.54) is 54.0 Å². The standard InChI is InChI=1S/C17H22O7.C12H19O15P3.C12H17O9P.C12H16O6.C11H18O5.C7H8O2.H4O7P2/c1-10-16(22-12(3)19)15(9-21-11(2)18)24-17(10)23-14-7-5-13(20-4)6-8-14;1-22-7-2-4-8(5-3-7)24-12-11(14)10(13)9(25-12)6-23-29(18,19)27-30(20,21)26-28(15,16)17;1-18-7-2-4-8(5-3-7)20-12-11(14)10(13)9(21-12)6-19-22(15,16)17;1-16-7-2-4-8(5-3-7)17-12-11(15)10(14)9(6-13)18-12;1-6-7(2)15-10(5-14-8(3)12)11(6)16-9(4)13;1-9-7-4-2-6(8)3-5-7;1-8(2,3)7-9(4,5)6/h5-8,10,15-17H,9H2,1-4H3;2-5,9-14H,6H2,1H3,(H,18,19)(H,20,21)(H2,15,16,17);2-5,9-14H,6H2,1H3,(H2,15,16,17);2-5,9-15H,6H2,1H3;6-7,10-11H,5H2,1-4H3;2-5,8H,1H3;(H2,1,2,3)(H2,4,5,6)/t10-,15-,16+,17?;3*9-,10-,11-,12-;6-,7-,10+,11-;;/m11110../s1. The minimum atomic E-state index is -5.68. The number of benzene rings is 5. The number of carbonyl (C=O) groups is 4. The Hall–Kier alpha value is -7.72. The number of phosphoric acid groups is 6. The van der Waals surface area contributed by atoms with Gasteiger partial charge in [-0.1, -0.05) is 13.8 Å². The van der Waals surface area contributed by atoms with Crippen LogP contribution >= 0.6 is 46.9 Å². The number of aromatic hydroxyl groups is 1. The van der Waals surface area contributed by atoms with Crippen LogP contribution in [0.1, 0.15) is 48.5 Å². The lowest BCUT2D eigenvalue weighted by atomic mass is 9.99. The van der Waals surface area contributed by atoms with Crippen molar-refractivity contribution in [2.24, 2.45) is 11.8 Å². The Kier molecular flexibility index (Phi) is 46.2. The molecule has 0 bridgehead atoms. The van der Waals surface area contributed by atoms with Gasteiger partial charge in [0.15, 0.2) is 0 Å². The van der Waals surface area contributed by atoms with Crippen molar-refractivity contribution in [2.45, 2.75) is 159 Å². The summed E-state index contributed by atoms with van der Waals surface area (Å²) in [5.74, 6) is 3.57. The van der Waals surface area contributed by atoms with Gasteiger partial charge in [-0.2, -0.15) is 12.9 Å². The molecule has 128 heavy (non-hydrogen) atoms. The molecule has 10 rings (SSSR count). The molecule has 0 aliphatic carbocycles. The van der Waals surface area contributed by atoms with Gasteiger partial charge in [0.2, 0.25) is 25.2 Å². The number of rotatable bonds is 32. The minimum absolute atomic E-state index is 0.0000918. The molecule has 18 N–H and O–H groups in total. The molecule has 0 amide bonds. The Morgan fingerprint density at radius 3 is 0.891 bits per heavy atom. The van der Waals surface area contributed by atoms with E-state index >= 15 is 0 Å². The summed E-state index contributed by atoms with van der Waals surface area (Å²) in [5, 5.41) is 76.6. The van der Waals surface area contributed by atoms with E-state index in [1.54, 1.807) is 131 Å². The highest BCUT2D eigenvalue weighted by Gasteiger charge is 2.50. The number of phosphoric ester groups is 2. The van der Waals surface area contributed by atoms with Crippen molar-refractivity contribution < 1.29 is 244 Å². The van der Waals surface area contributed by atoms with Crippen molar-refractivity contribution in [3.63, 3.8) is 0 Å². The van der Waals surface area contributed by atoms with Crippen LogP contribution in [0.4, 0.5) is 0 Å². The molecule has 5 aliphatic heterocycles. The number of phenols is 1. The van der Waals surface area contributed by atoms with Gasteiger partial charge >= 0.3 is 70.8 Å². The minimum Gasteiger partial charge on any atom is -0.508 e. The molecule has 5 saturated heterocycles. The molecule has 0 saturated carbocycles. The van der Waals surface area contributed by atoms with Crippen molar-refractivity contribution in [1.82, 2.24) is 0 Å². The van der Waals surface area contributed by atoms with Crippen molar-refractivity contribution in [2.75, 3.05) is 68.6 Å². The highest BCUT2D eigenvalue weighted by atomic mass is 31.3. The number of hydrogen-bond donors (Lipinski definition) is 18. The second kappa shape index (κ2) is 52.5. The summed E-state index contributed by atoms with van der Waals surface area (Å²) >= 11 is 0. The normalized spacial score (nSPS) is 26.6. The van der Waals surface area contributed by atoms with Crippen LogP contribution in [0.3, 0.4) is 0 Å². The highest BCUT2D eigenvalue weighted by Crippen LogP contribution is 2.66. The second-order valence-electron chi connectivity index (χ2n) is 26.8. The number of aliphatic hydroxyl groups is 7. The Bertz CT molecular complexity index is 4460. The van der Waals surface area contributed by atoms with Crippen LogP contribution in [0.2, 0.25) is 0 Å². The van der Waals surface area contributed by atoms with Crippen LogP contribution in [-0.4, -0.2) is 293 Å². The van der Waals surface area contributed by atoms with Crippen molar-refractivity contribution in [3.05, 3.63) is 121 Å². The van der Waals surface area contributed by atoms with Crippen molar-refractivity contribution >= 4 is 70.8 Å². The number of carbonyl (C=O) groups excluding carboxylic acids is 4. The SMILES string of the molecule is CC(=O)OC[C@H]1O[C@@H](C)[C@H](C)[C@@H]1OC(C)=O.COc1ccc(O)cc1.COc1ccc(OC2O[C@H](COC(C)=O)[C@@H](OC(C)=O)[C@H]2C)cc1.COc1ccc(O[C@@H]2O[C@H](CO)[C@@H](O)[C@H]2O)cc1.COc1ccc(O[C@@H]2O[C@H](COP(=O)(O)O)[C@@H](O)[C@H]2O)cc1.COc1ccc(O[C@@H]2O[C@H](COP(=O)(O)OP(=O)(O)OP(=O)(O)O)[C@@H](O)[C@H]2O)cc1.O=P(O)(O)OP(=O)(O)O. The third kappa shape index (κ3) is 41.4. The molecule has 0 radical (unpaired) electrons. The predicted octanol–water partition coefficient (Wildman–Crippen LogP) is 2.43. The van der Waals surface area contributed by atoms with Crippen LogP contribution < -0.4 is 42.6 Å². The van der Waals surface area contributed by atoms with Crippen molar-refractivity contribution in [1.29, 1.82) is 0 Å². The number of aliphatic hydroxyl groups excluding tert-OH is 7. The first-order valence-electron chi connectivity index (χ1n) is 37.0. The number of methoxy groups -OCH3 is 5. The van der Waals surface area contributed by atoms with E-state index in [4.69, 9.17) is 140 Å². The summed E-state index contributed by atoms with van der Waals surface area (Å²) in [6.07, 6.45) is -17.8. The lowest BCUT2D eigenvalue weighted by molar-refractivity contribution is -0.158. The number of ether oxygens (including phenoxy) is 18. The van der Waals surface area contributed by atoms with E-state index in [0.717, 1.165) is 5.75 Å². The van der Waals surface area contributed by atoms with Gasteiger partial charge in [0.1, 0.15) is 150 Å². The maximum atomic E-state index is 11.7. The molecule has 3 unspecified atom stereocenters. The lowest BCUT2D eigenvalue weighted by Crippen LogP contribution is -2.35. The van der Waals surface area contributed by atoms with E-state index < -0.39 is 164 Å². The molecule has 5 aliphatic rings. The Morgan fingerprint density at radius 2 is 0.602 bits per heavy atom. The van der Waals surface area contributed by atoms with E-state index in [1.807, 2.05) is 20.8 Å². The zero-order valence-electron chi connectivity index (χ0n) is 69.8. The monoisotopic (exact) mass is 1960 g/mol. The van der Waals surface area contributed by atoms with Gasteiger partial charge in [0.05, 0.1) is 67.4 Å². The number of hydrogen-bond acceptors (Lipinski definition) is 41. The molecule has 5 aromatic carbocycles. The first kappa shape index (κ1) is 113. The average molecular weight is 1960 g/mol. The van der Waals surface area contributed by atoms with E-state index in [-0.39, 0.29) is 73.4 Å². The van der Waals surface area contributed by atoms with Gasteiger partial charge in [0.25, 0.3) is 0 Å². The first-order valence-corrected chi connectivity index (χ1v) is 46.1. The summed E-state index contributed by atoms with van der Waals surface area (Å²) in [5.41, 5.74) is 0. The third-order valence-electron chi connectivity index (χ3n) is 17.0. The number of esters is 4. The molecular weight excluding hydrogens is 1850 g/mol. The molecule has 5 aromatic rings. The van der Waals surface area contributed by atoms with Gasteiger partial charge < -0.3 is 175 Å². The molecule has 22 atom stereocenters. The Labute approximate surface area is 729 Å². The van der Waals surface area contributed by atoms with Crippen LogP contribution in [-0.2, 0) is 111 Å². The summed E-state index contributed by atoms with van der Waals surface area (Å²) in [6, 6.07) is 32.9. The fraction of sp³-hybridized carbons (Fsp3) is 0.521. The molecule has 0 aromatic heterocycles. The molecule has 51 nitrogen and oxygen atoms in total. The zero-order chi connectivity index (χ0) is 96.6. The van der Waals surface area contributed by atoms with Gasteiger partial charge in [0, 0.05) is 33.6 Å². The third-order valence-corrected chi connectivity index (χ3v) is 23.0. The maximum absolute atomic E-state index is 11.7. The average Bonchev–Trinajstić information content (AvgIpc) is 1.64. The van der Waals surface area contributed by atoms with E-state index in [9.17, 15) is 82.1 Å². The van der Waals surface area contributed by atoms with Crippen LogP contribution in [0.15, 0.2) is 121 Å². The fourth-order valence-electron chi connectivity index (χ4n) is 10.9. The van der Waals surface area contributed by atoms with Gasteiger partial charge in [-0.25, -0.2) is 27.4 Å². The zero-order valence-corrected chi connectivity index (χ0v) is 75.2. The maximum Gasteiger partial charge on any atom is 0.490 e. The van der Waals surface area contributed by atoms with Crippen LogP contribution in [0.25, 0.3) is 0 Å². The first-order chi connectivity index (χ1) is 59.5. The molecule has 724 valence electrons. The summed E-state index contributed by atoms with van der Waals surface area (Å²) < 4.78 is 176. The summed E-state index contributed by atoms with van der Waals surface area (Å²) in [6.45, 7) is 9.29. The molecule has 57 heteroatoms. The lowest BCUT2D eigenvalue weighted by Gasteiger charge is -2.20. The van der Waals surface area contributed by atoms with Crippen molar-refractivity contribution in [3.8, 4) is 57.5 Å². The Morgan fingerprint density at radius 1 is 0.320 bits per heavy atom. The van der Waals surface area contributed by atoms with E-state index in [0.29, 0.717) is 40.2 Å². The van der Waals surface area contributed by atoms with Gasteiger partial charge in [-0.15, -0.1) is 0 Å². The van der Waals surface area contributed by atoms with Crippen LogP contribution in [0.5, 0.6) is 57.5 Å². The second-order valence-corrected chi connectivity index (χ2v) is 35.0. The molecule has 0 spiro atoms. The van der Waals surface area contributed by atoms with E-state index in [2.05, 4.69) is 22.0 Å². The quantitative estimate of drug-likeness (QED) is 0.0167. The largest absolute Gasteiger partial charge is 0.508 e. The molecule has 5 fully saturated rings. The fourth-order valence-corrected chi connectivity index (χ4v) is 15.4. The molecular formula is C71H104O51P6. The Balaban J connectivity index is 0.000000323. The predicted molar refractivity (Wildman–Crippen MR) is 427 cm³/mol. The smallest absolute Gasteiger partial charge is 0.490 e. The highest BCUT2D eigenvalue weighted by molar-refractivity contribution is 7.66. The summed E-state index contributed by atoms with van der Waals surface area (Å²) in [4.78, 5) is 128. The summed E-state index contributed by atoms with van der Waals surface area (Å²) in [7, 11) is -23.7. The van der Waals surface area contributed by atoms with Gasteiger partial charge in [-0.05, 0) is 128 Å². The number of phenolic OH excluding ortho intramolecular Hbond substituents is 1. The van der Waals surface area contributed by atoms with Crippen LogP contribution in [0, 0.1) is 11.8 Å².